The van der Waals surface area contributed by atoms with Crippen LogP contribution in [0, 0.1) is 0 Å². The zero-order valence-electron chi connectivity index (χ0n) is 12.5. The van der Waals surface area contributed by atoms with Gasteiger partial charge in [0.2, 0.25) is 0 Å². The molecule has 2 heterocycles. The van der Waals surface area contributed by atoms with E-state index in [9.17, 15) is 13.5 Å². The van der Waals surface area contributed by atoms with Crippen LogP contribution in [0.2, 0.25) is 0 Å². The minimum Gasteiger partial charge on any atom is -0.389 e. The van der Waals surface area contributed by atoms with Crippen molar-refractivity contribution in [2.45, 2.75) is 24.5 Å². The lowest BCUT2D eigenvalue weighted by molar-refractivity contribution is 0.0639. The Morgan fingerprint density at radius 2 is 2.10 bits per heavy atom. The summed E-state index contributed by atoms with van der Waals surface area (Å²) in [5, 5.41) is 12.7. The van der Waals surface area contributed by atoms with Crippen LogP contribution in [-0.2, 0) is 10.0 Å². The number of likely N-dealkylation sites (N-methyl/N-ethyl adjacent to an activating group) is 1. The number of nitrogens with one attached hydrogen (secondary N) is 1. The third-order valence-corrected chi connectivity index (χ3v) is 4.82. The van der Waals surface area contributed by atoms with E-state index < -0.39 is 15.6 Å². The van der Waals surface area contributed by atoms with E-state index in [0.717, 1.165) is 4.31 Å². The van der Waals surface area contributed by atoms with E-state index in [0.29, 0.717) is 5.65 Å². The molecule has 7 nitrogen and oxygen atoms in total. The summed E-state index contributed by atoms with van der Waals surface area (Å²) in [7, 11) is -0.726. The summed E-state index contributed by atoms with van der Waals surface area (Å²) in [6.07, 6.45) is 1.65. The van der Waals surface area contributed by atoms with Crippen molar-refractivity contribution < 1.29 is 13.5 Å². The molecule has 0 aliphatic rings. The summed E-state index contributed by atoms with van der Waals surface area (Å²) in [6, 6.07) is 5.26. The molecule has 0 amide bonds. The predicted molar refractivity (Wildman–Crippen MR) is 80.9 cm³/mol. The molecular formula is C13H20N4O3S. The highest BCUT2D eigenvalue weighted by atomic mass is 32.2. The Labute approximate surface area is 124 Å². The number of hydrogen-bond donors (Lipinski definition) is 2. The summed E-state index contributed by atoms with van der Waals surface area (Å²) in [4.78, 5) is 4.26. The van der Waals surface area contributed by atoms with Gasteiger partial charge in [0.25, 0.3) is 10.0 Å². The molecular weight excluding hydrogens is 292 g/mol. The largest absolute Gasteiger partial charge is 0.389 e. The fourth-order valence-corrected chi connectivity index (χ4v) is 3.74. The molecule has 8 heteroatoms. The Bertz CT molecular complexity index is 746. The summed E-state index contributed by atoms with van der Waals surface area (Å²) in [6.45, 7) is 3.11. The number of hydrogen-bond acceptors (Lipinski definition) is 5. The molecule has 21 heavy (non-hydrogen) atoms. The number of rotatable bonds is 5. The van der Waals surface area contributed by atoms with Crippen molar-refractivity contribution >= 4 is 21.5 Å². The topological polar surface area (TPSA) is 86.9 Å². The van der Waals surface area contributed by atoms with Gasteiger partial charge in [0.05, 0.1) is 5.60 Å². The minimum atomic E-state index is -3.79. The standard InChI is InChI=1S/C13H20N4O3S/c1-13(2,18)9-16(4)21(19,20)12-11(14-3)15-10-7-5-6-8-17(10)12/h5-8,14,18H,9H2,1-4H3. The van der Waals surface area contributed by atoms with Crippen molar-refractivity contribution in [2.75, 3.05) is 26.0 Å². The average molecular weight is 312 g/mol. The Morgan fingerprint density at radius 3 is 2.67 bits per heavy atom. The van der Waals surface area contributed by atoms with Gasteiger partial charge in [0, 0.05) is 26.8 Å². The lowest BCUT2D eigenvalue weighted by atomic mass is 10.1. The minimum absolute atomic E-state index is 0.0153. The van der Waals surface area contributed by atoms with Gasteiger partial charge in [0.15, 0.2) is 10.8 Å². The molecule has 0 bridgehead atoms. The van der Waals surface area contributed by atoms with Gasteiger partial charge >= 0.3 is 0 Å². The molecule has 0 unspecified atom stereocenters. The molecule has 0 saturated heterocycles. The van der Waals surface area contributed by atoms with Crippen LogP contribution < -0.4 is 5.32 Å². The van der Waals surface area contributed by atoms with Gasteiger partial charge in [-0.15, -0.1) is 0 Å². The number of aliphatic hydroxyl groups is 1. The zero-order chi connectivity index (χ0) is 15.8. The Hall–Kier alpha value is -1.64. The van der Waals surface area contributed by atoms with Crippen molar-refractivity contribution in [1.29, 1.82) is 0 Å². The monoisotopic (exact) mass is 312 g/mol. The molecule has 2 N–H and O–H groups in total. The highest BCUT2D eigenvalue weighted by Gasteiger charge is 2.31. The normalized spacial score (nSPS) is 13.0. The fourth-order valence-electron chi connectivity index (χ4n) is 2.16. The van der Waals surface area contributed by atoms with Gasteiger partial charge in [0.1, 0.15) is 5.65 Å². The first kappa shape index (κ1) is 15.7. The first-order valence-corrected chi connectivity index (χ1v) is 7.94. The van der Waals surface area contributed by atoms with Crippen LogP contribution >= 0.6 is 0 Å². The van der Waals surface area contributed by atoms with Crippen molar-refractivity contribution in [3.63, 3.8) is 0 Å². The van der Waals surface area contributed by atoms with Crippen LogP contribution in [0.25, 0.3) is 5.65 Å². The van der Waals surface area contributed by atoms with E-state index in [2.05, 4.69) is 10.3 Å². The second-order valence-corrected chi connectivity index (χ2v) is 7.48. The van der Waals surface area contributed by atoms with Crippen LogP contribution in [0.5, 0.6) is 0 Å². The number of nitrogens with zero attached hydrogens (tertiary/aromatic N) is 3. The number of aromatic nitrogens is 2. The van der Waals surface area contributed by atoms with Gasteiger partial charge in [-0.05, 0) is 26.0 Å². The SMILES string of the molecule is CNc1nc2ccccn2c1S(=O)(=O)N(C)CC(C)(C)O. The van der Waals surface area contributed by atoms with E-state index in [1.807, 2.05) is 0 Å². The average Bonchev–Trinajstić information content (AvgIpc) is 2.75. The maximum absolute atomic E-state index is 12.8. The van der Waals surface area contributed by atoms with Crippen LogP contribution in [0.3, 0.4) is 0 Å². The van der Waals surface area contributed by atoms with Crippen molar-refractivity contribution in [1.82, 2.24) is 13.7 Å². The summed E-state index contributed by atoms with van der Waals surface area (Å²) in [5.74, 6) is 0.281. The van der Waals surface area contributed by atoms with Gasteiger partial charge in [-0.2, -0.15) is 4.31 Å². The van der Waals surface area contributed by atoms with Gasteiger partial charge in [-0.25, -0.2) is 13.4 Å². The molecule has 0 fully saturated rings. The first-order chi connectivity index (χ1) is 9.66. The molecule has 0 spiro atoms. The molecule has 0 aromatic carbocycles. The van der Waals surface area contributed by atoms with E-state index in [4.69, 9.17) is 0 Å². The number of sulfonamides is 1. The molecule has 2 rings (SSSR count). The predicted octanol–water partition coefficient (Wildman–Crippen LogP) is 0.767. The molecule has 0 radical (unpaired) electrons. The Kier molecular flexibility index (Phi) is 3.96. The quantitative estimate of drug-likeness (QED) is 0.851. The van der Waals surface area contributed by atoms with Gasteiger partial charge < -0.3 is 10.4 Å². The van der Waals surface area contributed by atoms with Crippen molar-refractivity contribution in [3.05, 3.63) is 24.4 Å². The van der Waals surface area contributed by atoms with Crippen LogP contribution in [-0.4, -0.2) is 53.5 Å². The molecule has 0 aliphatic carbocycles. The molecule has 0 saturated carbocycles. The first-order valence-electron chi connectivity index (χ1n) is 6.50. The van der Waals surface area contributed by atoms with Gasteiger partial charge in [-0.3, -0.25) is 4.40 Å². The number of anilines is 1. The highest BCUT2D eigenvalue weighted by Crippen LogP contribution is 2.25. The Balaban J connectivity index is 2.59. The Morgan fingerprint density at radius 1 is 1.43 bits per heavy atom. The van der Waals surface area contributed by atoms with E-state index in [-0.39, 0.29) is 17.4 Å². The maximum atomic E-state index is 12.8. The number of pyridine rings is 1. The third kappa shape index (κ3) is 3.02. The fraction of sp³-hybridized carbons (Fsp3) is 0.462. The van der Waals surface area contributed by atoms with Crippen LogP contribution in [0.15, 0.2) is 29.4 Å². The van der Waals surface area contributed by atoms with Gasteiger partial charge in [-0.1, -0.05) is 6.07 Å². The second kappa shape index (κ2) is 5.28. The number of imidazole rings is 1. The molecule has 116 valence electrons. The van der Waals surface area contributed by atoms with Crippen molar-refractivity contribution in [2.24, 2.45) is 0 Å². The van der Waals surface area contributed by atoms with Crippen LogP contribution in [0.1, 0.15) is 13.8 Å². The zero-order valence-corrected chi connectivity index (χ0v) is 13.3. The summed E-state index contributed by atoms with van der Waals surface area (Å²) in [5.41, 5.74) is -0.584. The summed E-state index contributed by atoms with van der Waals surface area (Å²) < 4.78 is 28.2. The highest BCUT2D eigenvalue weighted by molar-refractivity contribution is 7.89. The van der Waals surface area contributed by atoms with E-state index in [1.165, 1.54) is 11.4 Å². The smallest absolute Gasteiger partial charge is 0.262 e. The van der Waals surface area contributed by atoms with E-state index >= 15 is 0 Å². The molecule has 0 atom stereocenters. The van der Waals surface area contributed by atoms with E-state index in [1.54, 1.807) is 45.3 Å². The van der Waals surface area contributed by atoms with Crippen LogP contribution in [0.4, 0.5) is 5.82 Å². The molecule has 2 aromatic heterocycles. The molecule has 0 aliphatic heterocycles. The number of fused-ring (bicyclic) bond motifs is 1. The van der Waals surface area contributed by atoms with Crippen molar-refractivity contribution in [3.8, 4) is 0 Å². The lowest BCUT2D eigenvalue weighted by Gasteiger charge is -2.25. The molecule has 2 aromatic rings. The third-order valence-electron chi connectivity index (χ3n) is 2.99. The lowest BCUT2D eigenvalue weighted by Crippen LogP contribution is -2.40. The maximum Gasteiger partial charge on any atom is 0.262 e. The summed E-state index contributed by atoms with van der Waals surface area (Å²) >= 11 is 0. The second-order valence-electron chi connectivity index (χ2n) is 5.52.